The molecular formula is C31H33O8PS5. The second-order valence-corrected chi connectivity index (χ2v) is 16.7. The van der Waals surface area contributed by atoms with Crippen LogP contribution < -0.4 is 4.74 Å². The summed E-state index contributed by atoms with van der Waals surface area (Å²) in [6.07, 6.45) is 0. The number of hydrogen-bond donors (Lipinski definition) is 0. The third-order valence-electron chi connectivity index (χ3n) is 6.25. The lowest BCUT2D eigenvalue weighted by molar-refractivity contribution is -0.144. The van der Waals surface area contributed by atoms with Crippen molar-refractivity contribution in [1.82, 2.24) is 0 Å². The van der Waals surface area contributed by atoms with Gasteiger partial charge < -0.3 is 9.47 Å². The van der Waals surface area contributed by atoms with Crippen LogP contribution in [0.1, 0.15) is 42.6 Å². The van der Waals surface area contributed by atoms with E-state index in [1.54, 1.807) is 58.8 Å². The van der Waals surface area contributed by atoms with E-state index in [9.17, 15) is 14.2 Å². The first-order valence-corrected chi connectivity index (χ1v) is 20.6. The normalized spacial score (nSPS) is 12.2. The van der Waals surface area contributed by atoms with Crippen molar-refractivity contribution in [3.05, 3.63) is 81.7 Å². The molecule has 1 unspecified atom stereocenters. The first-order valence-electron chi connectivity index (χ1n) is 14.1. The van der Waals surface area contributed by atoms with Crippen LogP contribution in [-0.2, 0) is 27.7 Å². The fourth-order valence-corrected chi connectivity index (χ4v) is 9.40. The minimum atomic E-state index is -3.49. The summed E-state index contributed by atoms with van der Waals surface area (Å²) in [7, 11) is 2.73. The Morgan fingerprint density at radius 2 is 1.51 bits per heavy atom. The molecule has 0 aliphatic carbocycles. The van der Waals surface area contributed by atoms with Gasteiger partial charge in [0.05, 0.1) is 31.3 Å². The molecule has 0 N–H and O–H groups in total. The number of hydrogen-bond acceptors (Lipinski definition) is 13. The SMILES string of the molecule is CCOP(=O)(OCC)OCCSSCCOC(=O)C(C)c1ccc2cc(OC(=O)c3ccc(-c4cc(=S)ss4)cc3)ccc2c1. The van der Waals surface area contributed by atoms with E-state index in [1.165, 1.54) is 21.6 Å². The summed E-state index contributed by atoms with van der Waals surface area (Å²) in [5, 5.41) is 1.80. The molecule has 1 heterocycles. The van der Waals surface area contributed by atoms with Gasteiger partial charge in [0, 0.05) is 16.4 Å². The fourth-order valence-electron chi connectivity index (χ4n) is 4.05. The summed E-state index contributed by atoms with van der Waals surface area (Å²) in [5.74, 6) is 0.430. The molecule has 0 aliphatic rings. The molecule has 0 bridgehead atoms. The first kappa shape index (κ1) is 35.8. The van der Waals surface area contributed by atoms with Crippen molar-refractivity contribution >= 4 is 85.0 Å². The Morgan fingerprint density at radius 3 is 2.18 bits per heavy atom. The number of carbonyl (C=O) groups is 2. The fraction of sp³-hybridized carbons (Fsp3) is 0.323. The molecule has 0 aliphatic heterocycles. The van der Waals surface area contributed by atoms with Crippen LogP contribution in [0, 0.1) is 3.82 Å². The Hall–Kier alpha value is -2.06. The van der Waals surface area contributed by atoms with Crippen molar-refractivity contribution in [2.24, 2.45) is 0 Å². The standard InChI is InChI=1S/C31H33O8PS5/c1-4-36-40(34,37-5-2)38-15-17-43-42-16-14-35-30(32)21(3)24-10-11-26-19-27(13-12-25(26)18-24)39-31(33)23-8-6-22(7-9-23)28-20-29(41)45-44-28/h6-13,18-21H,4-5,14-17H2,1-3H3. The van der Waals surface area contributed by atoms with Gasteiger partial charge in [0.25, 0.3) is 0 Å². The molecule has 1 aromatic heterocycles. The molecule has 0 spiro atoms. The maximum absolute atomic E-state index is 12.8. The Balaban J connectivity index is 1.21. The van der Waals surface area contributed by atoms with Crippen molar-refractivity contribution in [2.45, 2.75) is 26.7 Å². The van der Waals surface area contributed by atoms with Gasteiger partial charge in [-0.05, 0) is 73.0 Å². The van der Waals surface area contributed by atoms with Crippen molar-refractivity contribution in [3.8, 4) is 16.2 Å². The number of fused-ring (bicyclic) bond motifs is 1. The lowest BCUT2D eigenvalue weighted by atomic mass is 9.98. The Bertz CT molecular complexity index is 1680. The molecule has 240 valence electrons. The number of ether oxygens (including phenoxy) is 2. The van der Waals surface area contributed by atoms with E-state index < -0.39 is 19.7 Å². The lowest BCUT2D eigenvalue weighted by Crippen LogP contribution is -2.14. The molecule has 8 nitrogen and oxygen atoms in total. The largest absolute Gasteiger partial charge is 0.474 e. The Labute approximate surface area is 283 Å². The van der Waals surface area contributed by atoms with Gasteiger partial charge in [-0.1, -0.05) is 90.9 Å². The highest BCUT2D eigenvalue weighted by atomic mass is 33.1. The second-order valence-electron chi connectivity index (χ2n) is 9.38. The monoisotopic (exact) mass is 724 g/mol. The summed E-state index contributed by atoms with van der Waals surface area (Å²) < 4.78 is 39.7. The molecule has 45 heavy (non-hydrogen) atoms. The van der Waals surface area contributed by atoms with Gasteiger partial charge in [-0.25, -0.2) is 9.36 Å². The van der Waals surface area contributed by atoms with E-state index in [1.807, 2.05) is 49.4 Å². The number of carbonyl (C=O) groups excluding carboxylic acids is 2. The van der Waals surface area contributed by atoms with Crippen LogP contribution in [0.15, 0.2) is 66.7 Å². The number of esters is 2. The molecule has 0 fully saturated rings. The number of rotatable bonds is 17. The molecule has 0 saturated heterocycles. The van der Waals surface area contributed by atoms with Crippen LogP contribution in [0.3, 0.4) is 0 Å². The molecule has 4 aromatic rings. The predicted octanol–water partition coefficient (Wildman–Crippen LogP) is 9.80. The average molecular weight is 725 g/mol. The van der Waals surface area contributed by atoms with Gasteiger partial charge in [0.15, 0.2) is 0 Å². The highest BCUT2D eigenvalue weighted by Crippen LogP contribution is 2.49. The Kier molecular flexibility index (Phi) is 14.1. The number of benzene rings is 3. The topological polar surface area (TPSA) is 97.4 Å². The molecule has 3 aromatic carbocycles. The van der Waals surface area contributed by atoms with Crippen LogP contribution in [0.5, 0.6) is 5.75 Å². The molecular weight excluding hydrogens is 692 g/mol. The van der Waals surface area contributed by atoms with Gasteiger partial charge in [0.2, 0.25) is 0 Å². The molecule has 4 rings (SSSR count). The third kappa shape index (κ3) is 10.7. The highest BCUT2D eigenvalue weighted by molar-refractivity contribution is 8.76. The van der Waals surface area contributed by atoms with Crippen molar-refractivity contribution in [2.75, 3.05) is 37.9 Å². The van der Waals surface area contributed by atoms with Crippen LogP contribution in [0.2, 0.25) is 0 Å². The van der Waals surface area contributed by atoms with Crippen LogP contribution >= 0.6 is 62.3 Å². The van der Waals surface area contributed by atoms with Gasteiger partial charge in [0.1, 0.15) is 16.2 Å². The van der Waals surface area contributed by atoms with E-state index in [2.05, 4.69) is 0 Å². The molecule has 0 radical (unpaired) electrons. The zero-order chi connectivity index (χ0) is 32.2. The predicted molar refractivity (Wildman–Crippen MR) is 188 cm³/mol. The molecule has 0 amide bonds. The summed E-state index contributed by atoms with van der Waals surface area (Å²) in [5.41, 5.74) is 2.30. The summed E-state index contributed by atoms with van der Waals surface area (Å²) in [6.45, 7) is 6.24. The maximum Gasteiger partial charge on any atom is 0.474 e. The summed E-state index contributed by atoms with van der Waals surface area (Å²) in [4.78, 5) is 26.5. The van der Waals surface area contributed by atoms with E-state index in [0.717, 1.165) is 30.6 Å². The highest BCUT2D eigenvalue weighted by Gasteiger charge is 2.25. The van der Waals surface area contributed by atoms with Crippen LogP contribution in [0.25, 0.3) is 21.2 Å². The van der Waals surface area contributed by atoms with Gasteiger partial charge in [-0.15, -0.1) is 0 Å². The van der Waals surface area contributed by atoms with Gasteiger partial charge >= 0.3 is 19.8 Å². The number of phosphoric acid groups is 1. The van der Waals surface area contributed by atoms with E-state index >= 15 is 0 Å². The van der Waals surface area contributed by atoms with E-state index in [4.69, 9.17) is 35.3 Å². The summed E-state index contributed by atoms with van der Waals surface area (Å²) >= 11 is 5.21. The van der Waals surface area contributed by atoms with Gasteiger partial charge in [-0.3, -0.25) is 18.4 Å². The van der Waals surface area contributed by atoms with Crippen LogP contribution in [-0.4, -0.2) is 49.9 Å². The molecule has 0 saturated carbocycles. The van der Waals surface area contributed by atoms with Crippen molar-refractivity contribution < 1.29 is 37.2 Å². The minimum Gasteiger partial charge on any atom is -0.464 e. The smallest absolute Gasteiger partial charge is 0.464 e. The second kappa shape index (κ2) is 17.7. The van der Waals surface area contributed by atoms with E-state index in [-0.39, 0.29) is 32.4 Å². The summed E-state index contributed by atoms with van der Waals surface area (Å²) in [6, 6.07) is 20.4. The van der Waals surface area contributed by atoms with Gasteiger partial charge in [-0.2, -0.15) is 0 Å². The van der Waals surface area contributed by atoms with Crippen molar-refractivity contribution in [3.63, 3.8) is 0 Å². The third-order valence-corrected chi connectivity index (χ3v) is 13.1. The molecule has 14 heteroatoms. The minimum absolute atomic E-state index is 0.221. The quantitative estimate of drug-likeness (QED) is 0.0260. The van der Waals surface area contributed by atoms with Crippen molar-refractivity contribution in [1.29, 1.82) is 0 Å². The Morgan fingerprint density at radius 1 is 0.844 bits per heavy atom. The average Bonchev–Trinajstić information content (AvgIpc) is 3.48. The molecule has 1 atom stereocenters. The maximum atomic E-state index is 12.8. The lowest BCUT2D eigenvalue weighted by Gasteiger charge is -2.16. The van der Waals surface area contributed by atoms with E-state index in [0.29, 0.717) is 22.8 Å². The zero-order valence-corrected chi connectivity index (χ0v) is 29.9. The zero-order valence-electron chi connectivity index (χ0n) is 24.9. The van der Waals surface area contributed by atoms with Crippen LogP contribution in [0.4, 0.5) is 0 Å². The first-order chi connectivity index (χ1) is 21.7. The number of phosphoric ester groups is 1.